The van der Waals surface area contributed by atoms with E-state index in [0.29, 0.717) is 37.4 Å². The van der Waals surface area contributed by atoms with Crippen LogP contribution in [0.3, 0.4) is 0 Å². The van der Waals surface area contributed by atoms with Crippen molar-refractivity contribution in [3.8, 4) is 11.4 Å². The van der Waals surface area contributed by atoms with Crippen LogP contribution in [0, 0.1) is 5.82 Å². The number of carboxylic acid groups (broad SMARTS) is 1. The fourth-order valence-electron chi connectivity index (χ4n) is 3.58. The monoisotopic (exact) mass is 383 g/mol. The summed E-state index contributed by atoms with van der Waals surface area (Å²) >= 11 is 0. The van der Waals surface area contributed by atoms with Crippen LogP contribution in [-0.4, -0.2) is 46.9 Å². The summed E-state index contributed by atoms with van der Waals surface area (Å²) in [6.07, 6.45) is 0. The van der Waals surface area contributed by atoms with Gasteiger partial charge in [0.15, 0.2) is 0 Å². The van der Waals surface area contributed by atoms with Gasteiger partial charge in [0.2, 0.25) is 5.43 Å². The number of halogens is 1. The largest absolute Gasteiger partial charge is 0.508 e. The first-order valence-corrected chi connectivity index (χ1v) is 8.84. The second-order valence-electron chi connectivity index (χ2n) is 6.58. The number of aromatic nitrogens is 1. The number of anilines is 1. The van der Waals surface area contributed by atoms with Crippen LogP contribution >= 0.6 is 0 Å². The van der Waals surface area contributed by atoms with E-state index in [9.17, 15) is 24.2 Å². The number of pyridine rings is 1. The van der Waals surface area contributed by atoms with Gasteiger partial charge in [-0.05, 0) is 42.5 Å². The number of fused-ring (bicyclic) bond motifs is 1. The Morgan fingerprint density at radius 3 is 2.39 bits per heavy atom. The molecule has 0 bridgehead atoms. The van der Waals surface area contributed by atoms with Gasteiger partial charge in [-0.1, -0.05) is 0 Å². The number of rotatable bonds is 3. The molecule has 1 aliphatic rings. The Balaban J connectivity index is 2.16. The highest BCUT2D eigenvalue weighted by Crippen LogP contribution is 2.30. The summed E-state index contributed by atoms with van der Waals surface area (Å²) < 4.78 is 15.5. The summed E-state index contributed by atoms with van der Waals surface area (Å²) in [5.74, 6) is -1.67. The molecule has 1 saturated heterocycles. The Bertz CT molecular complexity index is 1120. The van der Waals surface area contributed by atoms with Crippen LogP contribution in [0.25, 0.3) is 16.6 Å². The zero-order chi connectivity index (χ0) is 19.8. The molecule has 0 saturated carbocycles. The molecule has 28 heavy (non-hydrogen) atoms. The van der Waals surface area contributed by atoms with Crippen molar-refractivity contribution in [2.75, 3.05) is 31.1 Å². The average molecular weight is 383 g/mol. The SMILES string of the molecule is O=C(O)c1c(N2CCNCC2)n(-c2ccc(O)cc2)c2ccc(F)cc2c1=O. The van der Waals surface area contributed by atoms with E-state index in [0.717, 1.165) is 6.07 Å². The number of hydrogen-bond acceptors (Lipinski definition) is 5. The molecule has 0 amide bonds. The van der Waals surface area contributed by atoms with Gasteiger partial charge in [-0.2, -0.15) is 0 Å². The minimum absolute atomic E-state index is 0.00985. The van der Waals surface area contributed by atoms with Crippen molar-refractivity contribution in [3.63, 3.8) is 0 Å². The van der Waals surface area contributed by atoms with Crippen LogP contribution in [0.5, 0.6) is 5.75 Å². The van der Waals surface area contributed by atoms with E-state index in [-0.39, 0.29) is 17.0 Å². The normalized spacial score (nSPS) is 14.4. The number of aromatic hydroxyl groups is 1. The molecular weight excluding hydrogens is 365 g/mol. The number of hydrogen-bond donors (Lipinski definition) is 3. The number of nitrogens with one attached hydrogen (secondary N) is 1. The Labute approximate surface area is 159 Å². The lowest BCUT2D eigenvalue weighted by molar-refractivity contribution is 0.0695. The van der Waals surface area contributed by atoms with E-state index in [1.165, 1.54) is 24.3 Å². The zero-order valence-electron chi connectivity index (χ0n) is 14.9. The number of phenolic OH excluding ortho intramolecular Hbond substituents is 1. The number of piperazine rings is 1. The molecule has 0 unspecified atom stereocenters. The van der Waals surface area contributed by atoms with Gasteiger partial charge in [-0.25, -0.2) is 9.18 Å². The van der Waals surface area contributed by atoms with E-state index >= 15 is 0 Å². The number of phenols is 1. The Hall–Kier alpha value is -3.39. The van der Waals surface area contributed by atoms with Crippen molar-refractivity contribution in [1.29, 1.82) is 0 Å². The summed E-state index contributed by atoms with van der Waals surface area (Å²) in [5.41, 5.74) is -0.153. The number of carbonyl (C=O) groups is 1. The molecule has 7 nitrogen and oxygen atoms in total. The fourth-order valence-corrected chi connectivity index (χ4v) is 3.58. The maximum absolute atomic E-state index is 13.8. The molecule has 0 aliphatic carbocycles. The molecule has 1 fully saturated rings. The van der Waals surface area contributed by atoms with Crippen molar-refractivity contribution in [2.24, 2.45) is 0 Å². The standard InChI is InChI=1S/C20H18FN3O4/c21-12-1-6-16-15(11-12)18(26)17(20(27)28)19(23-9-7-22-8-10-23)24(16)13-2-4-14(25)5-3-13/h1-6,11,22,25H,7-10H2,(H,27,28). The minimum Gasteiger partial charge on any atom is -0.508 e. The highest BCUT2D eigenvalue weighted by Gasteiger charge is 2.27. The van der Waals surface area contributed by atoms with Crippen LogP contribution in [0.4, 0.5) is 10.2 Å². The average Bonchev–Trinajstić information content (AvgIpc) is 2.69. The zero-order valence-corrected chi connectivity index (χ0v) is 14.9. The molecule has 3 N–H and O–H groups in total. The maximum Gasteiger partial charge on any atom is 0.343 e. The van der Waals surface area contributed by atoms with E-state index in [1.54, 1.807) is 16.7 Å². The summed E-state index contributed by atoms with van der Waals surface area (Å²) in [6, 6.07) is 9.97. The van der Waals surface area contributed by atoms with E-state index < -0.39 is 22.8 Å². The van der Waals surface area contributed by atoms with Crippen molar-refractivity contribution < 1.29 is 19.4 Å². The molecular formula is C20H18FN3O4. The van der Waals surface area contributed by atoms with Crippen LogP contribution < -0.4 is 15.6 Å². The van der Waals surface area contributed by atoms with Crippen LogP contribution in [-0.2, 0) is 0 Å². The number of carboxylic acids is 1. The third-order valence-corrected chi connectivity index (χ3v) is 4.84. The van der Waals surface area contributed by atoms with Gasteiger partial charge in [0, 0.05) is 37.3 Å². The molecule has 3 aromatic rings. The van der Waals surface area contributed by atoms with Crippen molar-refractivity contribution in [2.45, 2.75) is 0 Å². The molecule has 1 aliphatic heterocycles. The van der Waals surface area contributed by atoms with Crippen LogP contribution in [0.15, 0.2) is 47.3 Å². The number of aromatic carboxylic acids is 1. The molecule has 2 aromatic carbocycles. The molecule has 0 spiro atoms. The Morgan fingerprint density at radius 1 is 1.07 bits per heavy atom. The summed E-state index contributed by atoms with van der Waals surface area (Å²) in [7, 11) is 0. The smallest absolute Gasteiger partial charge is 0.343 e. The summed E-state index contributed by atoms with van der Waals surface area (Å²) in [4.78, 5) is 26.9. The second kappa shape index (κ2) is 6.97. The third kappa shape index (κ3) is 2.97. The lowest BCUT2D eigenvalue weighted by Crippen LogP contribution is -2.46. The fraction of sp³-hybridized carbons (Fsp3) is 0.200. The van der Waals surface area contributed by atoms with Crippen LogP contribution in [0.1, 0.15) is 10.4 Å². The molecule has 0 radical (unpaired) electrons. The van der Waals surface area contributed by atoms with Gasteiger partial charge in [-0.3, -0.25) is 9.36 Å². The number of benzene rings is 2. The van der Waals surface area contributed by atoms with Gasteiger partial charge >= 0.3 is 5.97 Å². The van der Waals surface area contributed by atoms with Crippen LogP contribution in [0.2, 0.25) is 0 Å². The van der Waals surface area contributed by atoms with E-state index in [1.807, 2.05) is 4.90 Å². The first-order chi connectivity index (χ1) is 13.5. The molecule has 2 heterocycles. The quantitative estimate of drug-likeness (QED) is 0.640. The highest BCUT2D eigenvalue weighted by atomic mass is 19.1. The third-order valence-electron chi connectivity index (χ3n) is 4.84. The topological polar surface area (TPSA) is 94.8 Å². The first-order valence-electron chi connectivity index (χ1n) is 8.84. The van der Waals surface area contributed by atoms with Gasteiger partial charge < -0.3 is 20.4 Å². The molecule has 144 valence electrons. The minimum atomic E-state index is -1.36. The summed E-state index contributed by atoms with van der Waals surface area (Å²) in [5, 5.41) is 22.7. The van der Waals surface area contributed by atoms with Gasteiger partial charge in [0.25, 0.3) is 0 Å². The first kappa shape index (κ1) is 18.0. The Morgan fingerprint density at radius 2 is 1.75 bits per heavy atom. The number of nitrogens with zero attached hydrogens (tertiary/aromatic N) is 2. The molecule has 0 atom stereocenters. The van der Waals surface area contributed by atoms with E-state index in [4.69, 9.17) is 0 Å². The van der Waals surface area contributed by atoms with Gasteiger partial charge in [0.05, 0.1) is 5.52 Å². The van der Waals surface area contributed by atoms with E-state index in [2.05, 4.69) is 5.32 Å². The lowest BCUT2D eigenvalue weighted by atomic mass is 10.1. The molecule has 4 rings (SSSR count). The predicted molar refractivity (Wildman–Crippen MR) is 103 cm³/mol. The molecule has 8 heteroatoms. The second-order valence-corrected chi connectivity index (χ2v) is 6.58. The van der Waals surface area contributed by atoms with Crippen molar-refractivity contribution in [1.82, 2.24) is 9.88 Å². The van der Waals surface area contributed by atoms with Gasteiger partial charge in [0.1, 0.15) is 22.9 Å². The maximum atomic E-state index is 13.8. The molecule has 1 aromatic heterocycles. The Kier molecular flexibility index (Phi) is 4.48. The van der Waals surface area contributed by atoms with Crippen molar-refractivity contribution >= 4 is 22.7 Å². The lowest BCUT2D eigenvalue weighted by Gasteiger charge is -2.33. The van der Waals surface area contributed by atoms with Crippen molar-refractivity contribution in [3.05, 3.63) is 64.1 Å². The summed E-state index contributed by atoms with van der Waals surface area (Å²) in [6.45, 7) is 2.32. The highest BCUT2D eigenvalue weighted by molar-refractivity contribution is 5.99. The predicted octanol–water partition coefficient (Wildman–Crippen LogP) is 1.94. The van der Waals surface area contributed by atoms with Gasteiger partial charge in [-0.15, -0.1) is 0 Å².